The van der Waals surface area contributed by atoms with E-state index in [9.17, 15) is 0 Å². The monoisotopic (exact) mass is 287 g/mol. The van der Waals surface area contributed by atoms with E-state index in [0.717, 1.165) is 25.0 Å². The third kappa shape index (κ3) is 2.49. The average Bonchev–Trinajstić information content (AvgIpc) is 2.89. The van der Waals surface area contributed by atoms with E-state index in [1.807, 2.05) is 0 Å². The first-order chi connectivity index (χ1) is 9.84. The fourth-order valence-electron chi connectivity index (χ4n) is 3.12. The summed E-state index contributed by atoms with van der Waals surface area (Å²) < 4.78 is 12.3. The third-order valence-corrected chi connectivity index (χ3v) is 5.11. The van der Waals surface area contributed by atoms with Gasteiger partial charge in [-0.25, -0.2) is 0 Å². The van der Waals surface area contributed by atoms with Crippen molar-refractivity contribution in [1.82, 2.24) is 0 Å². The molecule has 1 aromatic rings. The molecule has 0 N–H and O–H groups in total. The summed E-state index contributed by atoms with van der Waals surface area (Å²) >= 11 is 0. The second kappa shape index (κ2) is 5.03. The molecule has 1 fully saturated rings. The first-order valence-electron chi connectivity index (χ1n) is 8.07. The van der Waals surface area contributed by atoms with E-state index in [-0.39, 0.29) is 18.3 Å². The second-order valence-electron chi connectivity index (χ2n) is 7.21. The molecule has 0 aromatic heterocycles. The Balaban J connectivity index is 1.83. The molecule has 3 nitrogen and oxygen atoms in total. The van der Waals surface area contributed by atoms with E-state index in [1.54, 1.807) is 0 Å². The fraction of sp³-hybridized carbons (Fsp3) is 0.647. The Morgan fingerprint density at radius 1 is 1.14 bits per heavy atom. The molecular weight excluding hydrogens is 261 g/mol. The van der Waals surface area contributed by atoms with Gasteiger partial charge in [-0.1, -0.05) is 19.1 Å². The summed E-state index contributed by atoms with van der Waals surface area (Å²) in [6, 6.07) is 6.67. The number of nitrogens with zero attached hydrogens (tertiary/aromatic N) is 1. The van der Waals surface area contributed by atoms with Crippen LogP contribution in [-0.4, -0.2) is 31.4 Å². The van der Waals surface area contributed by atoms with Gasteiger partial charge in [-0.2, -0.15) is 0 Å². The number of rotatable bonds is 3. The van der Waals surface area contributed by atoms with Crippen molar-refractivity contribution >= 4 is 18.3 Å². The van der Waals surface area contributed by atoms with Gasteiger partial charge in [0, 0.05) is 18.8 Å². The van der Waals surface area contributed by atoms with Gasteiger partial charge in [0.15, 0.2) is 0 Å². The Kier molecular flexibility index (Phi) is 3.57. The molecule has 0 aliphatic carbocycles. The van der Waals surface area contributed by atoms with Crippen LogP contribution in [0, 0.1) is 0 Å². The smallest absolute Gasteiger partial charge is 0.399 e. The zero-order chi connectivity index (χ0) is 15.3. The quantitative estimate of drug-likeness (QED) is 0.798. The molecule has 0 bridgehead atoms. The van der Waals surface area contributed by atoms with Crippen LogP contribution in [0.3, 0.4) is 0 Å². The number of fused-ring (bicyclic) bond motifs is 1. The van der Waals surface area contributed by atoms with Crippen LogP contribution in [0.15, 0.2) is 18.2 Å². The van der Waals surface area contributed by atoms with Gasteiger partial charge in [0.25, 0.3) is 0 Å². The van der Waals surface area contributed by atoms with Gasteiger partial charge in [-0.15, -0.1) is 0 Å². The summed E-state index contributed by atoms with van der Waals surface area (Å²) in [6.07, 6.45) is 2.32. The molecule has 2 heterocycles. The molecule has 21 heavy (non-hydrogen) atoms. The van der Waals surface area contributed by atoms with E-state index in [2.05, 4.69) is 57.7 Å². The predicted molar refractivity (Wildman–Crippen MR) is 88.4 cm³/mol. The molecule has 0 spiro atoms. The van der Waals surface area contributed by atoms with Crippen LogP contribution in [0.4, 0.5) is 5.69 Å². The van der Waals surface area contributed by atoms with Crippen molar-refractivity contribution in [3.05, 3.63) is 23.8 Å². The number of hydrogen-bond acceptors (Lipinski definition) is 3. The molecule has 2 aliphatic heterocycles. The molecule has 1 saturated heterocycles. The van der Waals surface area contributed by atoms with Gasteiger partial charge in [0.2, 0.25) is 0 Å². The van der Waals surface area contributed by atoms with Gasteiger partial charge < -0.3 is 14.2 Å². The van der Waals surface area contributed by atoms with Gasteiger partial charge in [-0.05, 0) is 57.6 Å². The van der Waals surface area contributed by atoms with Crippen LogP contribution in [0.2, 0.25) is 0 Å². The lowest BCUT2D eigenvalue weighted by molar-refractivity contribution is 0.00578. The first-order valence-corrected chi connectivity index (χ1v) is 8.07. The Morgan fingerprint density at radius 2 is 1.81 bits per heavy atom. The van der Waals surface area contributed by atoms with E-state index < -0.39 is 0 Å². The van der Waals surface area contributed by atoms with Crippen molar-refractivity contribution in [3.63, 3.8) is 0 Å². The second-order valence-corrected chi connectivity index (χ2v) is 7.21. The summed E-state index contributed by atoms with van der Waals surface area (Å²) in [7, 11) is -0.250. The summed E-state index contributed by atoms with van der Waals surface area (Å²) in [5.41, 5.74) is 3.41. The van der Waals surface area contributed by atoms with Crippen LogP contribution in [0.1, 0.15) is 46.6 Å². The molecule has 0 unspecified atom stereocenters. The van der Waals surface area contributed by atoms with Crippen LogP contribution < -0.4 is 10.4 Å². The van der Waals surface area contributed by atoms with E-state index in [1.165, 1.54) is 17.7 Å². The summed E-state index contributed by atoms with van der Waals surface area (Å²) in [5, 5.41) is 0. The first kappa shape index (κ1) is 14.9. The van der Waals surface area contributed by atoms with Gasteiger partial charge in [0.05, 0.1) is 11.2 Å². The molecule has 0 atom stereocenters. The van der Waals surface area contributed by atoms with Crippen LogP contribution in [0.25, 0.3) is 0 Å². The molecule has 0 amide bonds. The highest BCUT2D eigenvalue weighted by atomic mass is 16.7. The molecule has 2 aliphatic rings. The summed E-state index contributed by atoms with van der Waals surface area (Å²) in [5.74, 6) is 0. The van der Waals surface area contributed by atoms with Gasteiger partial charge >= 0.3 is 7.12 Å². The maximum Gasteiger partial charge on any atom is 0.494 e. The van der Waals surface area contributed by atoms with E-state index >= 15 is 0 Å². The van der Waals surface area contributed by atoms with Crippen LogP contribution >= 0.6 is 0 Å². The van der Waals surface area contributed by atoms with Crippen molar-refractivity contribution in [2.75, 3.05) is 18.0 Å². The van der Waals surface area contributed by atoms with Crippen molar-refractivity contribution in [2.45, 2.75) is 58.7 Å². The van der Waals surface area contributed by atoms with Crippen LogP contribution in [0.5, 0.6) is 0 Å². The molecule has 4 heteroatoms. The predicted octanol–water partition coefficient (Wildman–Crippen LogP) is 2.76. The van der Waals surface area contributed by atoms with Gasteiger partial charge in [0.1, 0.15) is 0 Å². The van der Waals surface area contributed by atoms with Crippen molar-refractivity contribution in [1.29, 1.82) is 0 Å². The molecule has 0 saturated carbocycles. The number of benzene rings is 1. The van der Waals surface area contributed by atoms with E-state index in [4.69, 9.17) is 9.31 Å². The Hall–Kier alpha value is -0.995. The van der Waals surface area contributed by atoms with Crippen LogP contribution in [-0.2, 0) is 15.7 Å². The zero-order valence-electron chi connectivity index (χ0n) is 13.9. The Morgan fingerprint density at radius 3 is 2.43 bits per heavy atom. The van der Waals surface area contributed by atoms with Crippen molar-refractivity contribution in [3.8, 4) is 0 Å². The number of anilines is 1. The Bertz CT molecular complexity index is 526. The number of hydrogen-bond donors (Lipinski definition) is 0. The maximum atomic E-state index is 6.15. The minimum absolute atomic E-state index is 0.250. The SMILES string of the molecule is CCCN1CCc2cc(B3OC(C)(C)C(C)(C)O3)ccc21. The Labute approximate surface area is 128 Å². The maximum absolute atomic E-state index is 6.15. The fourth-order valence-corrected chi connectivity index (χ4v) is 3.12. The third-order valence-electron chi connectivity index (χ3n) is 5.11. The average molecular weight is 287 g/mol. The minimum Gasteiger partial charge on any atom is -0.399 e. The standard InChI is InChI=1S/C17H26BNO2/c1-6-10-19-11-9-13-12-14(7-8-15(13)19)18-20-16(2,3)17(4,5)21-18/h7-8,12H,6,9-11H2,1-5H3. The minimum atomic E-state index is -0.273. The van der Waals surface area contributed by atoms with E-state index in [0.29, 0.717) is 0 Å². The zero-order valence-corrected chi connectivity index (χ0v) is 13.9. The normalized spacial score (nSPS) is 22.7. The largest absolute Gasteiger partial charge is 0.494 e. The molecular formula is C17H26BNO2. The highest BCUT2D eigenvalue weighted by Gasteiger charge is 2.51. The van der Waals surface area contributed by atoms with Crippen molar-refractivity contribution < 1.29 is 9.31 Å². The molecule has 0 radical (unpaired) electrons. The molecule has 114 valence electrons. The lowest BCUT2D eigenvalue weighted by Crippen LogP contribution is -2.41. The summed E-state index contributed by atoms with van der Waals surface area (Å²) in [6.45, 7) is 12.9. The highest BCUT2D eigenvalue weighted by molar-refractivity contribution is 6.62. The lowest BCUT2D eigenvalue weighted by atomic mass is 9.78. The summed E-state index contributed by atoms with van der Waals surface area (Å²) in [4.78, 5) is 2.48. The topological polar surface area (TPSA) is 21.7 Å². The molecule has 1 aromatic carbocycles. The highest BCUT2D eigenvalue weighted by Crippen LogP contribution is 2.37. The van der Waals surface area contributed by atoms with Gasteiger partial charge in [-0.3, -0.25) is 0 Å². The lowest BCUT2D eigenvalue weighted by Gasteiger charge is -2.32. The molecule has 3 rings (SSSR count). The van der Waals surface area contributed by atoms with Crippen molar-refractivity contribution in [2.24, 2.45) is 0 Å².